The quantitative estimate of drug-likeness (QED) is 0.904. The fourth-order valence-corrected chi connectivity index (χ4v) is 1.99. The third-order valence-corrected chi connectivity index (χ3v) is 2.81. The summed E-state index contributed by atoms with van der Waals surface area (Å²) in [6.07, 6.45) is 9.14. The van der Waals surface area contributed by atoms with Crippen molar-refractivity contribution < 1.29 is 4.79 Å². The minimum atomic E-state index is -0.109. The van der Waals surface area contributed by atoms with Gasteiger partial charge in [-0.3, -0.25) is 9.78 Å². The van der Waals surface area contributed by atoms with Gasteiger partial charge >= 0.3 is 0 Å². The summed E-state index contributed by atoms with van der Waals surface area (Å²) in [7, 11) is 0. The van der Waals surface area contributed by atoms with Crippen molar-refractivity contribution in [3.63, 3.8) is 0 Å². The van der Waals surface area contributed by atoms with Crippen molar-refractivity contribution in [3.05, 3.63) is 41.2 Å². The lowest BCUT2D eigenvalue weighted by Gasteiger charge is -1.92. The number of carbonyl (C=O) groups is 1. The first-order chi connectivity index (χ1) is 8.24. The molecule has 0 spiro atoms. The average molecular weight is 245 g/mol. The van der Waals surface area contributed by atoms with Crippen LogP contribution in [0.2, 0.25) is 0 Å². The zero-order valence-electron chi connectivity index (χ0n) is 9.25. The van der Waals surface area contributed by atoms with Crippen LogP contribution < -0.4 is 5.32 Å². The summed E-state index contributed by atoms with van der Waals surface area (Å²) in [6, 6.07) is 3.86. The fourth-order valence-electron chi connectivity index (χ4n) is 1.22. The molecule has 86 valence electrons. The van der Waals surface area contributed by atoms with Crippen LogP contribution in [0.15, 0.2) is 30.7 Å². The number of aromatic nitrogens is 2. The van der Waals surface area contributed by atoms with Crippen LogP contribution in [0.4, 0.5) is 5.13 Å². The third-order valence-electron chi connectivity index (χ3n) is 1.93. The van der Waals surface area contributed by atoms with Crippen molar-refractivity contribution in [2.45, 2.75) is 6.92 Å². The molecular weight excluding hydrogens is 234 g/mol. The van der Waals surface area contributed by atoms with Gasteiger partial charge in [-0.1, -0.05) is 23.5 Å². The van der Waals surface area contributed by atoms with E-state index in [0.717, 1.165) is 10.4 Å². The first-order valence-corrected chi connectivity index (χ1v) is 5.87. The minimum absolute atomic E-state index is 0.109. The Kier molecular flexibility index (Phi) is 3.62. The molecule has 0 bridgehead atoms. The predicted octanol–water partition coefficient (Wildman–Crippen LogP) is 2.67. The van der Waals surface area contributed by atoms with Gasteiger partial charge in [-0.2, -0.15) is 0 Å². The molecule has 0 atom stereocenters. The molecule has 0 unspecified atom stereocenters. The number of thiazole rings is 1. The highest BCUT2D eigenvalue weighted by molar-refractivity contribution is 7.16. The van der Waals surface area contributed by atoms with Crippen LogP contribution in [0.1, 0.15) is 17.4 Å². The molecule has 1 N–H and O–H groups in total. The van der Waals surface area contributed by atoms with E-state index in [0.29, 0.717) is 5.13 Å². The number of nitrogens with one attached hydrogen (secondary N) is 1. The number of anilines is 1. The van der Waals surface area contributed by atoms with E-state index in [-0.39, 0.29) is 5.91 Å². The van der Waals surface area contributed by atoms with Gasteiger partial charge in [0.1, 0.15) is 0 Å². The molecular formula is C12H11N3OS. The Morgan fingerprint density at radius 2 is 2.29 bits per heavy atom. The first kappa shape index (κ1) is 11.5. The van der Waals surface area contributed by atoms with Gasteiger partial charge < -0.3 is 5.32 Å². The van der Waals surface area contributed by atoms with E-state index >= 15 is 0 Å². The topological polar surface area (TPSA) is 54.9 Å². The van der Waals surface area contributed by atoms with Gasteiger partial charge in [0.25, 0.3) is 0 Å². The third kappa shape index (κ3) is 3.49. The minimum Gasteiger partial charge on any atom is -0.302 e. The standard InChI is InChI=1S/C12H11N3OS/c1-9(16)15-12-14-8-11(17-12)5-4-10-3-2-6-13-7-10/h2-8H,1H3,(H,14,15,16)/b5-4-. The lowest BCUT2D eigenvalue weighted by molar-refractivity contribution is -0.114. The summed E-state index contributed by atoms with van der Waals surface area (Å²) in [6.45, 7) is 1.46. The number of nitrogens with zero attached hydrogens (tertiary/aromatic N) is 2. The Labute approximate surface area is 103 Å². The van der Waals surface area contributed by atoms with Crippen LogP contribution in [0.5, 0.6) is 0 Å². The highest BCUT2D eigenvalue weighted by Crippen LogP contribution is 2.20. The molecule has 2 aromatic rings. The first-order valence-electron chi connectivity index (χ1n) is 5.05. The molecule has 2 rings (SSSR count). The highest BCUT2D eigenvalue weighted by atomic mass is 32.1. The van der Waals surface area contributed by atoms with Gasteiger partial charge in [-0.15, -0.1) is 0 Å². The van der Waals surface area contributed by atoms with E-state index < -0.39 is 0 Å². The maximum absolute atomic E-state index is 10.8. The van der Waals surface area contributed by atoms with Gasteiger partial charge in [0.15, 0.2) is 5.13 Å². The molecule has 0 aliphatic rings. The lowest BCUT2D eigenvalue weighted by atomic mass is 10.2. The molecule has 0 aromatic carbocycles. The van der Waals surface area contributed by atoms with Gasteiger partial charge in [-0.25, -0.2) is 4.98 Å². The Bertz CT molecular complexity index is 534. The number of amides is 1. The van der Waals surface area contributed by atoms with Gasteiger partial charge in [0, 0.05) is 30.4 Å². The van der Waals surface area contributed by atoms with E-state index in [9.17, 15) is 4.79 Å². The van der Waals surface area contributed by atoms with E-state index in [4.69, 9.17) is 0 Å². The van der Waals surface area contributed by atoms with Crippen molar-refractivity contribution in [2.75, 3.05) is 5.32 Å². The lowest BCUT2D eigenvalue weighted by Crippen LogP contribution is -2.04. The summed E-state index contributed by atoms with van der Waals surface area (Å²) in [5.41, 5.74) is 1.03. The Balaban J connectivity index is 2.06. The number of rotatable bonds is 3. The van der Waals surface area contributed by atoms with Crippen LogP contribution in [-0.2, 0) is 4.79 Å². The SMILES string of the molecule is CC(=O)Nc1ncc(/C=C\c2cccnc2)s1. The molecule has 1 amide bonds. The summed E-state index contributed by atoms with van der Waals surface area (Å²) in [4.78, 5) is 19.9. The second-order valence-electron chi connectivity index (χ2n) is 3.37. The zero-order chi connectivity index (χ0) is 12.1. The second-order valence-corrected chi connectivity index (χ2v) is 4.43. The van der Waals surface area contributed by atoms with Gasteiger partial charge in [0.05, 0.1) is 0 Å². The van der Waals surface area contributed by atoms with Crippen LogP contribution in [-0.4, -0.2) is 15.9 Å². The Hall–Kier alpha value is -2.01. The molecule has 0 fully saturated rings. The van der Waals surface area contributed by atoms with Crippen LogP contribution >= 0.6 is 11.3 Å². The van der Waals surface area contributed by atoms with Crippen LogP contribution in [0.3, 0.4) is 0 Å². The normalized spacial score (nSPS) is 10.6. The molecule has 0 radical (unpaired) electrons. The molecule has 2 heterocycles. The van der Waals surface area contributed by atoms with Gasteiger partial charge in [-0.05, 0) is 17.7 Å². The highest BCUT2D eigenvalue weighted by Gasteiger charge is 2.00. The molecule has 0 aliphatic carbocycles. The van der Waals surface area contributed by atoms with Crippen LogP contribution in [0.25, 0.3) is 12.2 Å². The number of hydrogen-bond acceptors (Lipinski definition) is 4. The largest absolute Gasteiger partial charge is 0.302 e. The van der Waals surface area contributed by atoms with Crippen molar-refractivity contribution >= 4 is 34.5 Å². The second kappa shape index (κ2) is 5.36. The van der Waals surface area contributed by atoms with Gasteiger partial charge in [0.2, 0.25) is 5.91 Å². The van der Waals surface area contributed by atoms with E-state index in [2.05, 4.69) is 15.3 Å². The molecule has 0 aliphatic heterocycles. The fraction of sp³-hybridized carbons (Fsp3) is 0.0833. The maximum Gasteiger partial charge on any atom is 0.223 e. The molecule has 17 heavy (non-hydrogen) atoms. The maximum atomic E-state index is 10.8. The number of pyridine rings is 1. The summed E-state index contributed by atoms with van der Waals surface area (Å²) < 4.78 is 0. The molecule has 2 aromatic heterocycles. The zero-order valence-corrected chi connectivity index (χ0v) is 10.1. The summed E-state index contributed by atoms with van der Waals surface area (Å²) in [5, 5.41) is 3.26. The summed E-state index contributed by atoms with van der Waals surface area (Å²) in [5.74, 6) is -0.109. The van der Waals surface area contributed by atoms with E-state index in [1.54, 1.807) is 18.6 Å². The predicted molar refractivity (Wildman–Crippen MR) is 69.6 cm³/mol. The molecule has 0 saturated heterocycles. The van der Waals surface area contributed by atoms with Crippen molar-refractivity contribution in [3.8, 4) is 0 Å². The average Bonchev–Trinajstić information content (AvgIpc) is 2.75. The monoisotopic (exact) mass is 245 g/mol. The Morgan fingerprint density at radius 3 is 3.00 bits per heavy atom. The van der Waals surface area contributed by atoms with Crippen molar-refractivity contribution in [1.82, 2.24) is 9.97 Å². The van der Waals surface area contributed by atoms with Crippen molar-refractivity contribution in [1.29, 1.82) is 0 Å². The molecule has 4 nitrogen and oxygen atoms in total. The Morgan fingerprint density at radius 1 is 1.41 bits per heavy atom. The number of carbonyl (C=O) groups excluding carboxylic acids is 1. The summed E-state index contributed by atoms with van der Waals surface area (Å²) >= 11 is 1.43. The molecule has 5 heteroatoms. The van der Waals surface area contributed by atoms with Crippen LogP contribution in [0, 0.1) is 0 Å². The van der Waals surface area contributed by atoms with E-state index in [1.165, 1.54) is 18.3 Å². The van der Waals surface area contributed by atoms with Crippen molar-refractivity contribution in [2.24, 2.45) is 0 Å². The van der Waals surface area contributed by atoms with E-state index in [1.807, 2.05) is 24.3 Å². The number of hydrogen-bond donors (Lipinski definition) is 1. The smallest absolute Gasteiger partial charge is 0.223 e. The molecule has 0 saturated carbocycles.